The molecule has 0 bridgehead atoms. The number of carboxylic acids is 1. The van der Waals surface area contributed by atoms with Gasteiger partial charge in [0.25, 0.3) is 5.91 Å². The van der Waals surface area contributed by atoms with Crippen molar-refractivity contribution in [3.05, 3.63) is 53.6 Å². The number of hydrogen-bond acceptors (Lipinski definition) is 4. The summed E-state index contributed by atoms with van der Waals surface area (Å²) in [6.07, 6.45) is 0.0360. The van der Waals surface area contributed by atoms with E-state index < -0.39 is 29.6 Å². The Morgan fingerprint density at radius 1 is 1.11 bits per heavy atom. The summed E-state index contributed by atoms with van der Waals surface area (Å²) in [5.74, 6) is -3.30. The highest BCUT2D eigenvalue weighted by Gasteiger charge is 2.22. The number of halogens is 2. The highest BCUT2D eigenvalue weighted by atomic mass is 19.1. The molecule has 6 nitrogen and oxygen atoms in total. The molecular weight excluding hydrogens is 360 g/mol. The zero-order valence-electron chi connectivity index (χ0n) is 14.8. The Morgan fingerprint density at radius 3 is 2.41 bits per heavy atom. The van der Waals surface area contributed by atoms with Crippen LogP contribution >= 0.6 is 0 Å². The van der Waals surface area contributed by atoms with Crippen LogP contribution in [0.15, 0.2) is 36.4 Å². The predicted molar refractivity (Wildman–Crippen MR) is 93.7 cm³/mol. The van der Waals surface area contributed by atoms with Gasteiger partial charge in [0.2, 0.25) is 0 Å². The van der Waals surface area contributed by atoms with Crippen LogP contribution in [0.4, 0.5) is 8.78 Å². The molecule has 2 aromatic carbocycles. The van der Waals surface area contributed by atoms with Crippen LogP contribution in [0.2, 0.25) is 0 Å². The standard InChI is InChI=1S/C19H19F2NO5/c1-26-8-7-17(19(24)25)22-18(23)14-5-3-11(9-15(14)20)13-6-4-12(27-2)10-16(13)21/h3-6,9-10,17H,7-8H2,1-2H3,(H,22,23)(H,24,25). The number of aliphatic carboxylic acids is 1. The summed E-state index contributed by atoms with van der Waals surface area (Å²) in [6.45, 7) is 0.120. The van der Waals surface area contributed by atoms with Crippen LogP contribution in [0.1, 0.15) is 16.8 Å². The number of rotatable bonds is 8. The van der Waals surface area contributed by atoms with Crippen LogP contribution in [0.3, 0.4) is 0 Å². The summed E-state index contributed by atoms with van der Waals surface area (Å²) in [5.41, 5.74) is 0.0415. The van der Waals surface area contributed by atoms with Crippen LogP contribution in [0.25, 0.3) is 11.1 Å². The maximum Gasteiger partial charge on any atom is 0.326 e. The first-order valence-corrected chi connectivity index (χ1v) is 8.03. The monoisotopic (exact) mass is 379 g/mol. The van der Waals surface area contributed by atoms with Crippen molar-refractivity contribution in [2.24, 2.45) is 0 Å². The minimum Gasteiger partial charge on any atom is -0.497 e. The van der Waals surface area contributed by atoms with E-state index in [1.165, 1.54) is 44.6 Å². The lowest BCUT2D eigenvalue weighted by Gasteiger charge is -2.15. The van der Waals surface area contributed by atoms with Gasteiger partial charge in [-0.25, -0.2) is 13.6 Å². The van der Waals surface area contributed by atoms with Crippen molar-refractivity contribution in [2.75, 3.05) is 20.8 Å². The third kappa shape index (κ3) is 5.01. The molecule has 0 aromatic heterocycles. The van der Waals surface area contributed by atoms with Gasteiger partial charge in [0.05, 0.1) is 12.7 Å². The SMILES string of the molecule is COCCC(NC(=O)c1ccc(-c2ccc(OC)cc2F)cc1F)C(=O)O. The molecule has 0 saturated heterocycles. The number of amides is 1. The molecule has 0 fully saturated rings. The number of carboxylic acid groups (broad SMARTS) is 1. The molecule has 0 aliphatic rings. The minimum atomic E-state index is -1.25. The van der Waals surface area contributed by atoms with Crippen molar-refractivity contribution in [1.82, 2.24) is 5.32 Å². The average molecular weight is 379 g/mol. The molecule has 8 heteroatoms. The molecule has 1 amide bonds. The van der Waals surface area contributed by atoms with Gasteiger partial charge in [-0.1, -0.05) is 6.07 Å². The third-order valence-electron chi connectivity index (χ3n) is 3.92. The van der Waals surface area contributed by atoms with Crippen LogP contribution in [-0.2, 0) is 9.53 Å². The number of nitrogens with one attached hydrogen (secondary N) is 1. The van der Waals surface area contributed by atoms with E-state index >= 15 is 0 Å². The lowest BCUT2D eigenvalue weighted by atomic mass is 10.0. The Hall–Kier alpha value is -3.00. The van der Waals surface area contributed by atoms with Crippen molar-refractivity contribution in [3.63, 3.8) is 0 Å². The molecule has 144 valence electrons. The van der Waals surface area contributed by atoms with Gasteiger partial charge in [0.1, 0.15) is 23.4 Å². The lowest BCUT2D eigenvalue weighted by molar-refractivity contribution is -0.139. The molecule has 0 spiro atoms. The Morgan fingerprint density at radius 2 is 1.85 bits per heavy atom. The van der Waals surface area contributed by atoms with Crippen molar-refractivity contribution < 1.29 is 33.0 Å². The lowest BCUT2D eigenvalue weighted by Crippen LogP contribution is -2.41. The van der Waals surface area contributed by atoms with Gasteiger partial charge in [0.15, 0.2) is 0 Å². The van der Waals surface area contributed by atoms with Gasteiger partial charge in [-0.3, -0.25) is 4.79 Å². The molecule has 0 aliphatic carbocycles. The number of carbonyl (C=O) groups excluding carboxylic acids is 1. The van der Waals surface area contributed by atoms with Gasteiger partial charge >= 0.3 is 5.97 Å². The molecular formula is C19H19F2NO5. The van der Waals surface area contributed by atoms with E-state index in [0.29, 0.717) is 5.75 Å². The fourth-order valence-electron chi connectivity index (χ4n) is 2.45. The summed E-state index contributed by atoms with van der Waals surface area (Å²) in [6, 6.07) is 6.51. The predicted octanol–water partition coefficient (Wildman–Crippen LogP) is 2.86. The second kappa shape index (κ2) is 9.09. The summed E-state index contributed by atoms with van der Waals surface area (Å²) in [5, 5.41) is 11.4. The van der Waals surface area contributed by atoms with E-state index in [1.54, 1.807) is 0 Å². The van der Waals surface area contributed by atoms with E-state index in [9.17, 15) is 18.4 Å². The van der Waals surface area contributed by atoms with Crippen molar-refractivity contribution >= 4 is 11.9 Å². The van der Waals surface area contributed by atoms with Gasteiger partial charge in [0, 0.05) is 31.8 Å². The first-order chi connectivity index (χ1) is 12.9. The number of hydrogen-bond donors (Lipinski definition) is 2. The Labute approximate surface area is 154 Å². The van der Waals surface area contributed by atoms with Crippen LogP contribution in [-0.4, -0.2) is 43.9 Å². The zero-order chi connectivity index (χ0) is 20.0. The fraction of sp³-hybridized carbons (Fsp3) is 0.263. The molecule has 2 aromatic rings. The summed E-state index contributed by atoms with van der Waals surface area (Å²) >= 11 is 0. The molecule has 0 aliphatic heterocycles. The highest BCUT2D eigenvalue weighted by molar-refractivity contribution is 5.97. The van der Waals surface area contributed by atoms with Crippen LogP contribution < -0.4 is 10.1 Å². The second-order valence-electron chi connectivity index (χ2n) is 5.69. The number of methoxy groups -OCH3 is 2. The van der Waals surface area contributed by atoms with E-state index in [2.05, 4.69) is 5.32 Å². The van der Waals surface area contributed by atoms with Crippen molar-refractivity contribution in [1.29, 1.82) is 0 Å². The summed E-state index contributed by atoms with van der Waals surface area (Å²) in [4.78, 5) is 23.4. The second-order valence-corrected chi connectivity index (χ2v) is 5.69. The Balaban J connectivity index is 2.23. The largest absolute Gasteiger partial charge is 0.497 e. The third-order valence-corrected chi connectivity index (χ3v) is 3.92. The Kier molecular flexibility index (Phi) is 6.84. The molecule has 2 N–H and O–H groups in total. The maximum atomic E-state index is 14.4. The molecule has 0 radical (unpaired) electrons. The molecule has 1 unspecified atom stereocenters. The van der Waals surface area contributed by atoms with Gasteiger partial charge < -0.3 is 19.9 Å². The fourth-order valence-corrected chi connectivity index (χ4v) is 2.45. The molecule has 27 heavy (non-hydrogen) atoms. The normalized spacial score (nSPS) is 11.7. The molecule has 0 saturated carbocycles. The number of carbonyl (C=O) groups is 2. The molecule has 2 rings (SSSR count). The first-order valence-electron chi connectivity index (χ1n) is 8.03. The summed E-state index contributed by atoms with van der Waals surface area (Å²) < 4.78 is 38.2. The topological polar surface area (TPSA) is 84.9 Å². The van der Waals surface area contributed by atoms with Crippen molar-refractivity contribution in [3.8, 4) is 16.9 Å². The maximum absolute atomic E-state index is 14.4. The van der Waals surface area contributed by atoms with Gasteiger partial charge in [-0.2, -0.15) is 0 Å². The molecule has 1 atom stereocenters. The first kappa shape index (κ1) is 20.3. The van der Waals surface area contributed by atoms with Crippen LogP contribution in [0, 0.1) is 11.6 Å². The van der Waals surface area contributed by atoms with E-state index in [4.69, 9.17) is 14.6 Å². The molecule has 0 heterocycles. The van der Waals surface area contributed by atoms with Gasteiger partial charge in [-0.05, 0) is 29.8 Å². The summed E-state index contributed by atoms with van der Waals surface area (Å²) in [7, 11) is 2.80. The van der Waals surface area contributed by atoms with Crippen LogP contribution in [0.5, 0.6) is 5.75 Å². The van der Waals surface area contributed by atoms with Gasteiger partial charge in [-0.15, -0.1) is 0 Å². The smallest absolute Gasteiger partial charge is 0.326 e. The number of ether oxygens (including phenoxy) is 2. The van der Waals surface area contributed by atoms with E-state index in [0.717, 1.165) is 6.07 Å². The number of benzene rings is 2. The van der Waals surface area contributed by atoms with E-state index in [-0.39, 0.29) is 29.7 Å². The van der Waals surface area contributed by atoms with Crippen molar-refractivity contribution in [2.45, 2.75) is 12.5 Å². The zero-order valence-corrected chi connectivity index (χ0v) is 14.8. The highest BCUT2D eigenvalue weighted by Crippen LogP contribution is 2.27. The quantitative estimate of drug-likeness (QED) is 0.737. The van der Waals surface area contributed by atoms with E-state index in [1.807, 2.05) is 0 Å². The average Bonchev–Trinajstić information content (AvgIpc) is 2.64. The Bertz CT molecular complexity index is 841. The minimum absolute atomic E-state index is 0.0360.